The molecule has 0 saturated carbocycles. The first-order valence-corrected chi connectivity index (χ1v) is 9.08. The van der Waals surface area contributed by atoms with Crippen molar-refractivity contribution in [3.63, 3.8) is 0 Å². The van der Waals surface area contributed by atoms with Gasteiger partial charge in [0.2, 0.25) is 5.91 Å². The lowest BCUT2D eigenvalue weighted by Gasteiger charge is -2.37. The van der Waals surface area contributed by atoms with Gasteiger partial charge in [0.05, 0.1) is 6.54 Å². The summed E-state index contributed by atoms with van der Waals surface area (Å²) in [7, 11) is 0. The summed E-state index contributed by atoms with van der Waals surface area (Å²) < 4.78 is 0. The van der Waals surface area contributed by atoms with Crippen LogP contribution in [0.25, 0.3) is 10.9 Å². The van der Waals surface area contributed by atoms with Gasteiger partial charge < -0.3 is 10.3 Å². The van der Waals surface area contributed by atoms with Crippen molar-refractivity contribution < 1.29 is 4.79 Å². The van der Waals surface area contributed by atoms with Crippen LogP contribution in [0.4, 0.5) is 0 Å². The maximum absolute atomic E-state index is 11.8. The van der Waals surface area contributed by atoms with Gasteiger partial charge in [-0.05, 0) is 50.0 Å². The Kier molecular flexibility index (Phi) is 4.54. The van der Waals surface area contributed by atoms with E-state index in [2.05, 4.69) is 44.4 Å². The molecule has 0 aliphatic carbocycles. The molecule has 1 amide bonds. The molecule has 0 radical (unpaired) electrons. The number of carbonyl (C=O) groups is 1. The molecule has 0 atom stereocenters. The fourth-order valence-electron chi connectivity index (χ4n) is 4.11. The van der Waals surface area contributed by atoms with E-state index < -0.39 is 0 Å². The average Bonchev–Trinajstić information content (AvgIpc) is 2.98. The van der Waals surface area contributed by atoms with Gasteiger partial charge in [0.15, 0.2) is 0 Å². The Morgan fingerprint density at radius 2 is 2.00 bits per heavy atom. The molecular weight excluding hydrogens is 300 g/mol. The topological polar surface area (TPSA) is 51.4 Å². The fourth-order valence-corrected chi connectivity index (χ4v) is 4.11. The van der Waals surface area contributed by atoms with Crippen molar-refractivity contribution in [1.82, 2.24) is 20.1 Å². The van der Waals surface area contributed by atoms with Crippen LogP contribution in [-0.4, -0.2) is 59.5 Å². The molecule has 2 saturated heterocycles. The predicted molar refractivity (Wildman–Crippen MR) is 95.8 cm³/mol. The van der Waals surface area contributed by atoms with Gasteiger partial charge in [-0.3, -0.25) is 14.6 Å². The molecule has 4 rings (SSSR count). The lowest BCUT2D eigenvalue weighted by Crippen LogP contribution is -2.46. The van der Waals surface area contributed by atoms with Gasteiger partial charge in [-0.1, -0.05) is 12.1 Å². The number of fused-ring (bicyclic) bond motifs is 1. The summed E-state index contributed by atoms with van der Waals surface area (Å²) in [5, 5.41) is 4.31. The number of benzene rings is 1. The summed E-state index contributed by atoms with van der Waals surface area (Å²) in [5.41, 5.74) is 2.62. The molecule has 24 heavy (non-hydrogen) atoms. The van der Waals surface area contributed by atoms with E-state index in [-0.39, 0.29) is 5.91 Å². The zero-order valence-corrected chi connectivity index (χ0v) is 14.1. The molecular formula is C19H26N4O. The summed E-state index contributed by atoms with van der Waals surface area (Å²) >= 11 is 0. The van der Waals surface area contributed by atoms with Crippen LogP contribution in [0.3, 0.4) is 0 Å². The van der Waals surface area contributed by atoms with Gasteiger partial charge in [0, 0.05) is 42.8 Å². The van der Waals surface area contributed by atoms with Gasteiger partial charge in [-0.15, -0.1) is 0 Å². The van der Waals surface area contributed by atoms with Crippen molar-refractivity contribution in [2.75, 3.05) is 32.7 Å². The van der Waals surface area contributed by atoms with E-state index >= 15 is 0 Å². The molecule has 1 aromatic heterocycles. The van der Waals surface area contributed by atoms with E-state index in [1.807, 2.05) is 6.20 Å². The molecule has 5 heteroatoms. The quantitative estimate of drug-likeness (QED) is 0.906. The van der Waals surface area contributed by atoms with Crippen LogP contribution in [0.15, 0.2) is 30.5 Å². The third kappa shape index (κ3) is 3.32. The van der Waals surface area contributed by atoms with E-state index in [1.165, 1.54) is 16.5 Å². The van der Waals surface area contributed by atoms with E-state index in [0.29, 0.717) is 12.6 Å². The highest BCUT2D eigenvalue weighted by Gasteiger charge is 2.27. The zero-order chi connectivity index (χ0) is 16.4. The first kappa shape index (κ1) is 15.7. The Hall–Kier alpha value is -1.85. The normalized spacial score (nSPS) is 21.8. The van der Waals surface area contributed by atoms with Crippen LogP contribution in [0.1, 0.15) is 24.8 Å². The number of nitrogens with zero attached hydrogens (tertiary/aromatic N) is 2. The maximum Gasteiger partial charge on any atom is 0.234 e. The first-order chi connectivity index (χ1) is 11.8. The van der Waals surface area contributed by atoms with E-state index in [0.717, 1.165) is 52.0 Å². The van der Waals surface area contributed by atoms with Gasteiger partial charge in [0.25, 0.3) is 0 Å². The summed E-state index contributed by atoms with van der Waals surface area (Å²) in [6.45, 7) is 5.70. The number of carbonyl (C=O) groups excluding carboxylic acids is 1. The van der Waals surface area contributed by atoms with Crippen LogP contribution in [0.5, 0.6) is 0 Å². The number of rotatable bonds is 3. The van der Waals surface area contributed by atoms with Gasteiger partial charge in [-0.25, -0.2) is 0 Å². The Morgan fingerprint density at radius 1 is 1.12 bits per heavy atom. The van der Waals surface area contributed by atoms with Crippen LogP contribution >= 0.6 is 0 Å². The average molecular weight is 326 g/mol. The molecule has 2 fully saturated rings. The molecule has 2 N–H and O–H groups in total. The van der Waals surface area contributed by atoms with Crippen LogP contribution in [0.2, 0.25) is 0 Å². The largest absolute Gasteiger partial charge is 0.361 e. The molecule has 2 aliphatic heterocycles. The Balaban J connectivity index is 1.36. The third-order valence-corrected chi connectivity index (χ3v) is 5.44. The standard InChI is InChI=1S/C19H26N4O/c24-19-14-23(10-2-8-21-19)16-6-11-22(12-7-16)13-15-3-1-4-18-17(15)5-9-20-18/h1,3-5,9,16,20H,2,6-8,10-14H2,(H,21,24). The van der Waals surface area contributed by atoms with Gasteiger partial charge >= 0.3 is 0 Å². The first-order valence-electron chi connectivity index (χ1n) is 9.08. The minimum atomic E-state index is 0.189. The number of H-pyrrole nitrogens is 1. The smallest absolute Gasteiger partial charge is 0.234 e. The Bertz CT molecular complexity index is 702. The van der Waals surface area contributed by atoms with E-state index in [9.17, 15) is 4.79 Å². The number of aromatic nitrogens is 1. The number of hydrogen-bond acceptors (Lipinski definition) is 3. The summed E-state index contributed by atoms with van der Waals surface area (Å²) in [5.74, 6) is 0.189. The van der Waals surface area contributed by atoms with Crippen molar-refractivity contribution in [2.45, 2.75) is 31.8 Å². The minimum absolute atomic E-state index is 0.189. The lowest BCUT2D eigenvalue weighted by atomic mass is 10.0. The zero-order valence-electron chi connectivity index (χ0n) is 14.1. The second kappa shape index (κ2) is 6.95. The highest BCUT2D eigenvalue weighted by molar-refractivity contribution is 5.82. The highest BCUT2D eigenvalue weighted by atomic mass is 16.2. The lowest BCUT2D eigenvalue weighted by molar-refractivity contribution is -0.122. The number of piperidine rings is 1. The number of amides is 1. The highest BCUT2D eigenvalue weighted by Crippen LogP contribution is 2.23. The third-order valence-electron chi connectivity index (χ3n) is 5.44. The SMILES string of the molecule is O=C1CN(C2CCN(Cc3cccc4[nH]ccc34)CC2)CCCN1. The Labute approximate surface area is 143 Å². The van der Waals surface area contributed by atoms with Crippen molar-refractivity contribution in [3.05, 3.63) is 36.0 Å². The minimum Gasteiger partial charge on any atom is -0.361 e. The molecule has 0 bridgehead atoms. The van der Waals surface area contributed by atoms with Gasteiger partial charge in [-0.2, -0.15) is 0 Å². The van der Waals surface area contributed by atoms with E-state index in [1.54, 1.807) is 0 Å². The molecule has 5 nitrogen and oxygen atoms in total. The van der Waals surface area contributed by atoms with Crippen LogP contribution in [-0.2, 0) is 11.3 Å². The van der Waals surface area contributed by atoms with E-state index in [4.69, 9.17) is 0 Å². The molecule has 1 aromatic carbocycles. The number of aromatic amines is 1. The van der Waals surface area contributed by atoms with Crippen molar-refractivity contribution in [3.8, 4) is 0 Å². The molecule has 0 unspecified atom stereocenters. The van der Waals surface area contributed by atoms with Gasteiger partial charge in [0.1, 0.15) is 0 Å². The van der Waals surface area contributed by atoms with Crippen molar-refractivity contribution in [1.29, 1.82) is 0 Å². The maximum atomic E-state index is 11.8. The number of nitrogens with one attached hydrogen (secondary N) is 2. The molecule has 2 aromatic rings. The summed E-state index contributed by atoms with van der Waals surface area (Å²) in [6, 6.07) is 9.24. The second-order valence-corrected chi connectivity index (χ2v) is 7.04. The summed E-state index contributed by atoms with van der Waals surface area (Å²) in [6.07, 6.45) is 5.42. The van der Waals surface area contributed by atoms with Crippen LogP contribution < -0.4 is 5.32 Å². The molecule has 0 spiro atoms. The second-order valence-electron chi connectivity index (χ2n) is 7.04. The van der Waals surface area contributed by atoms with Crippen molar-refractivity contribution in [2.24, 2.45) is 0 Å². The number of likely N-dealkylation sites (tertiary alicyclic amines) is 1. The van der Waals surface area contributed by atoms with Crippen molar-refractivity contribution >= 4 is 16.8 Å². The molecule has 3 heterocycles. The molecule has 2 aliphatic rings. The fraction of sp³-hybridized carbons (Fsp3) is 0.526. The number of hydrogen-bond donors (Lipinski definition) is 2. The monoisotopic (exact) mass is 326 g/mol. The predicted octanol–water partition coefficient (Wildman–Crippen LogP) is 1.95. The Morgan fingerprint density at radius 3 is 2.88 bits per heavy atom. The van der Waals surface area contributed by atoms with Crippen LogP contribution in [0, 0.1) is 0 Å². The summed E-state index contributed by atoms with van der Waals surface area (Å²) in [4.78, 5) is 20.0. The molecule has 128 valence electrons.